The summed E-state index contributed by atoms with van der Waals surface area (Å²) < 4.78 is 11.3. The number of methoxy groups -OCH3 is 1. The predicted molar refractivity (Wildman–Crippen MR) is 162 cm³/mol. The molecule has 4 aromatic rings. The first-order valence-corrected chi connectivity index (χ1v) is 15.0. The third kappa shape index (κ3) is 7.46. The van der Waals surface area contributed by atoms with E-state index in [0.29, 0.717) is 49.8 Å². The molecular formula is C29H34N10O9. The molecule has 0 saturated heterocycles. The molecule has 254 valence electrons. The number of nitrogens with one attached hydrogen (secondary N) is 1. The summed E-state index contributed by atoms with van der Waals surface area (Å²) in [6.07, 6.45) is 9.00. The SMILES string of the molecule is COc1ncc(-c2cnc(N(C(=O)OCC3(O)CC3)[C@H]3CC[C@H](Nc4ncc(C(O)(O)O)c(-c5ccn(C(O)O)n5)n4)CC3)cn2)cn1. The summed E-state index contributed by atoms with van der Waals surface area (Å²) in [6, 6.07) is 1.08. The Labute approximate surface area is 272 Å². The Kier molecular flexibility index (Phi) is 9.14. The number of nitrogens with zero attached hydrogens (tertiary/aromatic N) is 9. The third-order valence-corrected chi connectivity index (χ3v) is 8.11. The Morgan fingerprint density at radius 1 is 1.02 bits per heavy atom. The molecule has 2 aliphatic rings. The van der Waals surface area contributed by atoms with Crippen LogP contribution in [0.5, 0.6) is 6.01 Å². The molecule has 4 aromatic heterocycles. The molecule has 0 spiro atoms. The number of ether oxygens (including phenoxy) is 2. The van der Waals surface area contributed by atoms with Gasteiger partial charge in [0.05, 0.1) is 36.4 Å². The largest absolute Gasteiger partial charge is 0.467 e. The first-order chi connectivity index (χ1) is 22.9. The second-order valence-corrected chi connectivity index (χ2v) is 11.6. The van der Waals surface area contributed by atoms with E-state index in [1.165, 1.54) is 36.7 Å². The summed E-state index contributed by atoms with van der Waals surface area (Å²) >= 11 is 0. The Hall–Kier alpha value is -4.92. The van der Waals surface area contributed by atoms with Gasteiger partial charge in [-0.1, -0.05) is 0 Å². The molecule has 48 heavy (non-hydrogen) atoms. The standard InChI is InChI=1S/C29H34N10O9/c1-47-25-33-10-16(11-34-25)21-13-31-22(14-30-21)39(27(42)48-15-28(43)7-8-28)18-4-2-17(3-5-18)35-24-32-12-19(29(44,45)46)23(36-24)20-6-9-38(37-20)26(40)41/h6,9-14,17-18,26,40-41,43-46H,2-5,7-8,15H2,1H3,(H,32,35,36)/t17-,18-. The Morgan fingerprint density at radius 3 is 2.33 bits per heavy atom. The van der Waals surface area contributed by atoms with Crippen molar-refractivity contribution in [2.75, 3.05) is 23.9 Å². The lowest BCUT2D eigenvalue weighted by atomic mass is 9.90. The summed E-state index contributed by atoms with van der Waals surface area (Å²) in [6.45, 7) is -0.129. The quantitative estimate of drug-likeness (QED) is 0.104. The lowest BCUT2D eigenvalue weighted by Gasteiger charge is -2.36. The van der Waals surface area contributed by atoms with Crippen molar-refractivity contribution in [1.82, 2.24) is 39.7 Å². The lowest BCUT2D eigenvalue weighted by Crippen LogP contribution is -2.45. The zero-order valence-electron chi connectivity index (χ0n) is 25.7. The van der Waals surface area contributed by atoms with Crippen LogP contribution in [0, 0.1) is 0 Å². The van der Waals surface area contributed by atoms with Crippen molar-refractivity contribution >= 4 is 17.9 Å². The van der Waals surface area contributed by atoms with Crippen LogP contribution in [-0.4, -0.2) is 108 Å². The van der Waals surface area contributed by atoms with Crippen molar-refractivity contribution in [3.63, 3.8) is 0 Å². The van der Waals surface area contributed by atoms with Crippen LogP contribution in [0.15, 0.2) is 43.2 Å². The van der Waals surface area contributed by atoms with Crippen LogP contribution >= 0.6 is 0 Å². The third-order valence-electron chi connectivity index (χ3n) is 8.11. The summed E-state index contributed by atoms with van der Waals surface area (Å²) in [5.74, 6) is -2.92. The average Bonchev–Trinajstić information content (AvgIpc) is 3.60. The first-order valence-electron chi connectivity index (χ1n) is 15.0. The summed E-state index contributed by atoms with van der Waals surface area (Å²) in [4.78, 5) is 40.4. The highest BCUT2D eigenvalue weighted by atomic mass is 16.7. The molecule has 4 heterocycles. The maximum absolute atomic E-state index is 13.4. The maximum atomic E-state index is 13.4. The molecule has 6 rings (SSSR count). The van der Waals surface area contributed by atoms with Crippen LogP contribution in [0.25, 0.3) is 22.6 Å². The van der Waals surface area contributed by atoms with Gasteiger partial charge in [-0.3, -0.25) is 9.88 Å². The van der Waals surface area contributed by atoms with Gasteiger partial charge in [-0.2, -0.15) is 5.10 Å². The second kappa shape index (κ2) is 13.3. The molecule has 0 radical (unpaired) electrons. The van der Waals surface area contributed by atoms with Gasteiger partial charge in [0.2, 0.25) is 5.95 Å². The Bertz CT molecular complexity index is 1720. The van der Waals surface area contributed by atoms with E-state index in [4.69, 9.17) is 9.47 Å². The smallest absolute Gasteiger partial charge is 0.415 e. The van der Waals surface area contributed by atoms with Crippen molar-refractivity contribution in [2.24, 2.45) is 0 Å². The molecular weight excluding hydrogens is 632 g/mol. The van der Waals surface area contributed by atoms with Crippen molar-refractivity contribution in [3.8, 4) is 28.7 Å². The van der Waals surface area contributed by atoms with E-state index < -0.39 is 29.6 Å². The fourth-order valence-electron chi connectivity index (χ4n) is 5.28. The topological polar surface area (TPSA) is 267 Å². The number of aliphatic hydroxyl groups excluding tert-OH is 1. The Morgan fingerprint density at radius 2 is 1.75 bits per heavy atom. The van der Waals surface area contributed by atoms with Gasteiger partial charge in [0.25, 0.3) is 6.41 Å². The number of rotatable bonds is 11. The fraction of sp³-hybridized carbons (Fsp3) is 0.448. The molecule has 0 bridgehead atoms. The average molecular weight is 667 g/mol. The highest BCUT2D eigenvalue weighted by Gasteiger charge is 2.43. The van der Waals surface area contributed by atoms with Gasteiger partial charge in [-0.25, -0.2) is 34.4 Å². The molecule has 2 aliphatic carbocycles. The second-order valence-electron chi connectivity index (χ2n) is 11.6. The van der Waals surface area contributed by atoms with E-state index in [-0.39, 0.29) is 47.9 Å². The first kappa shape index (κ1) is 33.0. The minimum absolute atomic E-state index is 0.0189. The van der Waals surface area contributed by atoms with Gasteiger partial charge in [0.1, 0.15) is 18.0 Å². The molecule has 1 amide bonds. The van der Waals surface area contributed by atoms with Gasteiger partial charge in [-0.15, -0.1) is 0 Å². The number of hydrogen-bond donors (Lipinski definition) is 7. The predicted octanol–water partition coefficient (Wildman–Crippen LogP) is 0.0148. The molecule has 2 saturated carbocycles. The molecule has 0 unspecified atom stereocenters. The number of hydrogen-bond acceptors (Lipinski definition) is 17. The number of anilines is 2. The van der Waals surface area contributed by atoms with E-state index in [2.05, 4.69) is 40.3 Å². The fourth-order valence-corrected chi connectivity index (χ4v) is 5.28. The van der Waals surface area contributed by atoms with E-state index in [9.17, 15) is 35.4 Å². The monoisotopic (exact) mass is 666 g/mol. The number of carbonyl (C=O) groups excluding carboxylic acids is 1. The van der Waals surface area contributed by atoms with Crippen molar-refractivity contribution in [2.45, 2.75) is 68.6 Å². The van der Waals surface area contributed by atoms with E-state index in [1.807, 2.05) is 0 Å². The summed E-state index contributed by atoms with van der Waals surface area (Å²) in [5, 5.41) is 65.8. The molecule has 0 aliphatic heterocycles. The van der Waals surface area contributed by atoms with Crippen LogP contribution in [-0.2, 0) is 10.7 Å². The van der Waals surface area contributed by atoms with E-state index in [0.717, 1.165) is 10.9 Å². The zero-order valence-corrected chi connectivity index (χ0v) is 25.7. The van der Waals surface area contributed by atoms with E-state index in [1.54, 1.807) is 12.4 Å². The van der Waals surface area contributed by atoms with Crippen molar-refractivity contribution in [1.29, 1.82) is 0 Å². The minimum Gasteiger partial charge on any atom is -0.467 e. The summed E-state index contributed by atoms with van der Waals surface area (Å²) in [5.41, 5.74) is -0.509. The minimum atomic E-state index is -3.29. The van der Waals surface area contributed by atoms with E-state index >= 15 is 0 Å². The molecule has 19 nitrogen and oxygen atoms in total. The van der Waals surface area contributed by atoms with Crippen LogP contribution in [0.2, 0.25) is 0 Å². The highest BCUT2D eigenvalue weighted by Crippen LogP contribution is 2.36. The van der Waals surface area contributed by atoms with Crippen LogP contribution in [0.1, 0.15) is 50.5 Å². The van der Waals surface area contributed by atoms with Crippen molar-refractivity contribution in [3.05, 3.63) is 48.8 Å². The van der Waals surface area contributed by atoms with Gasteiger partial charge < -0.3 is 45.4 Å². The number of aliphatic hydroxyl groups is 6. The van der Waals surface area contributed by atoms with Crippen molar-refractivity contribution < 1.29 is 44.9 Å². The van der Waals surface area contributed by atoms with Gasteiger partial charge in [-0.05, 0) is 44.6 Å². The van der Waals surface area contributed by atoms with Crippen LogP contribution < -0.4 is 15.0 Å². The molecule has 7 N–H and O–H groups in total. The molecule has 0 atom stereocenters. The number of carbonyl (C=O) groups is 1. The molecule has 0 aromatic carbocycles. The van der Waals surface area contributed by atoms with Gasteiger partial charge in [0.15, 0.2) is 5.82 Å². The normalized spacial score (nSPS) is 18.8. The Balaban J connectivity index is 1.17. The van der Waals surface area contributed by atoms with Crippen LogP contribution in [0.4, 0.5) is 16.6 Å². The summed E-state index contributed by atoms with van der Waals surface area (Å²) in [7, 11) is 1.46. The zero-order chi connectivity index (χ0) is 34.1. The molecule has 19 heteroatoms. The molecule has 2 fully saturated rings. The maximum Gasteiger partial charge on any atom is 0.415 e. The highest BCUT2D eigenvalue weighted by molar-refractivity contribution is 5.87. The van der Waals surface area contributed by atoms with Gasteiger partial charge in [0, 0.05) is 42.4 Å². The van der Waals surface area contributed by atoms with Gasteiger partial charge >= 0.3 is 18.1 Å². The number of aromatic nitrogens is 8. The van der Waals surface area contributed by atoms with Crippen LogP contribution in [0.3, 0.4) is 0 Å². The lowest BCUT2D eigenvalue weighted by molar-refractivity contribution is -0.323. The number of amides is 1.